The fourth-order valence-electron chi connectivity index (χ4n) is 2.64. The first-order valence-electron chi connectivity index (χ1n) is 8.40. The standard InChI is InChI=1S/C19H17N3O6/c1-2-28-19(26)12-8-13-15(23)14(18(25)22(27)16(13)20-10-12)17(24)21-9-11-6-4-3-5-7-11/h3-8,10,23,27H,2,9H2,1H3,(H,21,24). The van der Waals surface area contributed by atoms with Crippen molar-refractivity contribution in [1.29, 1.82) is 0 Å². The maximum atomic E-state index is 12.5. The van der Waals surface area contributed by atoms with Crippen molar-refractivity contribution in [2.24, 2.45) is 0 Å². The van der Waals surface area contributed by atoms with Crippen molar-refractivity contribution < 1.29 is 24.6 Å². The zero-order valence-electron chi connectivity index (χ0n) is 14.9. The zero-order valence-corrected chi connectivity index (χ0v) is 14.9. The number of aromatic hydroxyl groups is 1. The molecule has 0 bridgehead atoms. The van der Waals surface area contributed by atoms with Gasteiger partial charge in [0, 0.05) is 12.7 Å². The fourth-order valence-corrected chi connectivity index (χ4v) is 2.64. The molecule has 0 aliphatic carbocycles. The molecule has 0 fully saturated rings. The van der Waals surface area contributed by atoms with Crippen LogP contribution in [-0.4, -0.2) is 38.5 Å². The highest BCUT2D eigenvalue weighted by atomic mass is 16.5. The van der Waals surface area contributed by atoms with Crippen LogP contribution in [0.2, 0.25) is 0 Å². The smallest absolute Gasteiger partial charge is 0.339 e. The molecule has 0 atom stereocenters. The van der Waals surface area contributed by atoms with E-state index in [-0.39, 0.29) is 34.5 Å². The van der Waals surface area contributed by atoms with Gasteiger partial charge in [0.05, 0.1) is 17.6 Å². The molecule has 1 amide bonds. The van der Waals surface area contributed by atoms with E-state index in [9.17, 15) is 24.7 Å². The van der Waals surface area contributed by atoms with Crippen molar-refractivity contribution in [3.63, 3.8) is 0 Å². The lowest BCUT2D eigenvalue weighted by Gasteiger charge is -2.11. The van der Waals surface area contributed by atoms with Crippen LogP contribution in [0.5, 0.6) is 5.75 Å². The molecule has 1 aromatic carbocycles. The molecular weight excluding hydrogens is 366 g/mol. The molecule has 2 aromatic heterocycles. The van der Waals surface area contributed by atoms with E-state index in [1.54, 1.807) is 31.2 Å². The Morgan fingerprint density at radius 1 is 1.25 bits per heavy atom. The molecule has 2 heterocycles. The Morgan fingerprint density at radius 3 is 2.64 bits per heavy atom. The monoisotopic (exact) mass is 383 g/mol. The molecule has 0 saturated carbocycles. The number of pyridine rings is 2. The van der Waals surface area contributed by atoms with E-state index < -0.39 is 28.7 Å². The first-order chi connectivity index (χ1) is 13.4. The van der Waals surface area contributed by atoms with Crippen LogP contribution >= 0.6 is 0 Å². The van der Waals surface area contributed by atoms with Crippen LogP contribution in [0.4, 0.5) is 0 Å². The van der Waals surface area contributed by atoms with E-state index in [1.807, 2.05) is 6.07 Å². The van der Waals surface area contributed by atoms with Gasteiger partial charge in [-0.2, -0.15) is 0 Å². The summed E-state index contributed by atoms with van der Waals surface area (Å²) in [6, 6.07) is 10.1. The van der Waals surface area contributed by atoms with Gasteiger partial charge in [0.15, 0.2) is 11.2 Å². The average molecular weight is 383 g/mol. The first kappa shape index (κ1) is 18.9. The highest BCUT2D eigenvalue weighted by molar-refractivity contribution is 6.03. The molecule has 0 spiro atoms. The number of hydrogen-bond donors (Lipinski definition) is 3. The van der Waals surface area contributed by atoms with Crippen LogP contribution in [0.25, 0.3) is 11.0 Å². The number of esters is 1. The Balaban J connectivity index is 2.02. The van der Waals surface area contributed by atoms with Crippen molar-refractivity contribution >= 4 is 22.9 Å². The summed E-state index contributed by atoms with van der Waals surface area (Å²) in [4.78, 5) is 40.5. The maximum absolute atomic E-state index is 12.5. The lowest BCUT2D eigenvalue weighted by Crippen LogP contribution is -2.32. The number of amides is 1. The van der Waals surface area contributed by atoms with Crippen molar-refractivity contribution in [1.82, 2.24) is 15.0 Å². The number of aromatic nitrogens is 2. The number of nitrogens with zero attached hydrogens (tertiary/aromatic N) is 2. The third-order valence-electron chi connectivity index (χ3n) is 4.00. The van der Waals surface area contributed by atoms with E-state index in [4.69, 9.17) is 4.74 Å². The summed E-state index contributed by atoms with van der Waals surface area (Å²) in [5.41, 5.74) is -1.30. The number of carbonyl (C=O) groups excluding carboxylic acids is 2. The van der Waals surface area contributed by atoms with Crippen molar-refractivity contribution in [3.8, 4) is 5.75 Å². The van der Waals surface area contributed by atoms with Gasteiger partial charge in [0.1, 0.15) is 5.75 Å². The van der Waals surface area contributed by atoms with Crippen molar-refractivity contribution in [2.45, 2.75) is 13.5 Å². The molecule has 0 saturated heterocycles. The molecular formula is C19H17N3O6. The second-order valence-electron chi connectivity index (χ2n) is 5.82. The van der Waals surface area contributed by atoms with E-state index in [2.05, 4.69) is 10.3 Å². The quantitative estimate of drug-likeness (QED) is 0.449. The second kappa shape index (κ2) is 7.78. The van der Waals surface area contributed by atoms with Crippen LogP contribution < -0.4 is 10.9 Å². The molecule has 0 aliphatic heterocycles. The van der Waals surface area contributed by atoms with Crippen molar-refractivity contribution in [3.05, 3.63) is 69.6 Å². The number of rotatable bonds is 5. The third kappa shape index (κ3) is 3.50. The predicted octanol–water partition coefficient (Wildman–Crippen LogP) is 1.45. The minimum Gasteiger partial charge on any atom is -0.506 e. The number of hydrogen-bond acceptors (Lipinski definition) is 7. The van der Waals surface area contributed by atoms with E-state index in [1.165, 1.54) is 6.07 Å². The van der Waals surface area contributed by atoms with Gasteiger partial charge >= 0.3 is 11.5 Å². The van der Waals surface area contributed by atoms with Gasteiger partial charge in [0.2, 0.25) is 0 Å². The largest absolute Gasteiger partial charge is 0.506 e. The summed E-state index contributed by atoms with van der Waals surface area (Å²) in [6.07, 6.45) is 1.10. The van der Waals surface area contributed by atoms with Gasteiger partial charge in [0.25, 0.3) is 5.91 Å². The van der Waals surface area contributed by atoms with Gasteiger partial charge < -0.3 is 20.4 Å². The molecule has 9 nitrogen and oxygen atoms in total. The third-order valence-corrected chi connectivity index (χ3v) is 4.00. The number of fused-ring (bicyclic) bond motifs is 1. The minimum absolute atomic E-state index is 0.000979. The average Bonchev–Trinajstić information content (AvgIpc) is 2.71. The molecule has 0 radical (unpaired) electrons. The minimum atomic E-state index is -1.13. The summed E-state index contributed by atoms with van der Waals surface area (Å²) in [5, 5.41) is 22.9. The molecule has 0 aliphatic rings. The molecule has 3 rings (SSSR count). The molecule has 3 N–H and O–H groups in total. The second-order valence-corrected chi connectivity index (χ2v) is 5.82. The Hall–Kier alpha value is -3.88. The number of carbonyl (C=O) groups is 2. The summed E-state index contributed by atoms with van der Waals surface area (Å²) >= 11 is 0. The number of nitrogens with one attached hydrogen (secondary N) is 1. The Labute approximate surface area is 158 Å². The SMILES string of the molecule is CCOC(=O)c1cnc2c(c1)c(O)c(C(=O)NCc1ccccc1)c(=O)n2O. The van der Waals surface area contributed by atoms with Crippen LogP contribution in [0.3, 0.4) is 0 Å². The number of ether oxygens (including phenoxy) is 1. The summed E-state index contributed by atoms with van der Waals surface area (Å²) in [5.74, 6) is -2.26. The molecule has 0 unspecified atom stereocenters. The Bertz CT molecular complexity index is 1110. The fraction of sp³-hybridized carbons (Fsp3) is 0.158. The van der Waals surface area contributed by atoms with Gasteiger partial charge in [-0.05, 0) is 18.6 Å². The van der Waals surface area contributed by atoms with Crippen LogP contribution in [0, 0.1) is 0 Å². The lowest BCUT2D eigenvalue weighted by atomic mass is 10.1. The highest BCUT2D eigenvalue weighted by Crippen LogP contribution is 2.26. The van der Waals surface area contributed by atoms with Crippen LogP contribution in [-0.2, 0) is 11.3 Å². The molecule has 9 heteroatoms. The van der Waals surface area contributed by atoms with E-state index in [0.29, 0.717) is 0 Å². The zero-order chi connectivity index (χ0) is 20.3. The van der Waals surface area contributed by atoms with Gasteiger partial charge in [-0.1, -0.05) is 30.3 Å². The normalized spacial score (nSPS) is 10.6. The highest BCUT2D eigenvalue weighted by Gasteiger charge is 2.24. The lowest BCUT2D eigenvalue weighted by molar-refractivity contribution is 0.0526. The van der Waals surface area contributed by atoms with Crippen LogP contribution in [0.1, 0.15) is 33.2 Å². The van der Waals surface area contributed by atoms with Crippen LogP contribution in [0.15, 0.2) is 47.4 Å². The Morgan fingerprint density at radius 2 is 1.96 bits per heavy atom. The summed E-state index contributed by atoms with van der Waals surface area (Å²) < 4.78 is 5.02. The van der Waals surface area contributed by atoms with Gasteiger partial charge in [-0.15, -0.1) is 4.73 Å². The Kier molecular flexibility index (Phi) is 5.25. The maximum Gasteiger partial charge on any atom is 0.339 e. The first-order valence-corrected chi connectivity index (χ1v) is 8.40. The van der Waals surface area contributed by atoms with Gasteiger partial charge in [-0.3, -0.25) is 9.59 Å². The van der Waals surface area contributed by atoms with E-state index >= 15 is 0 Å². The number of benzene rings is 1. The molecule has 144 valence electrons. The summed E-state index contributed by atoms with van der Waals surface area (Å²) in [7, 11) is 0. The topological polar surface area (TPSA) is 131 Å². The molecule has 3 aromatic rings. The van der Waals surface area contributed by atoms with Crippen molar-refractivity contribution in [2.75, 3.05) is 6.61 Å². The van der Waals surface area contributed by atoms with E-state index in [0.717, 1.165) is 11.8 Å². The summed E-state index contributed by atoms with van der Waals surface area (Å²) in [6.45, 7) is 1.88. The van der Waals surface area contributed by atoms with Gasteiger partial charge in [-0.25, -0.2) is 9.78 Å². The molecule has 28 heavy (non-hydrogen) atoms. The predicted molar refractivity (Wildman–Crippen MR) is 98.4 cm³/mol.